The molecule has 1 unspecified atom stereocenters. The fourth-order valence-corrected chi connectivity index (χ4v) is 3.66. The van der Waals surface area contributed by atoms with Crippen LogP contribution in [-0.4, -0.2) is 59.8 Å². The predicted octanol–water partition coefficient (Wildman–Crippen LogP) is 2.75. The summed E-state index contributed by atoms with van der Waals surface area (Å²) in [6, 6.07) is -0.487. The first-order chi connectivity index (χ1) is 13.0. The Balaban J connectivity index is 2.02. The zero-order valence-corrected chi connectivity index (χ0v) is 16.3. The van der Waals surface area contributed by atoms with Crippen LogP contribution in [0.5, 0.6) is 0 Å². The molecule has 0 aliphatic carbocycles. The largest absolute Gasteiger partial charge is 0.408 e. The summed E-state index contributed by atoms with van der Waals surface area (Å²) in [6.45, 7) is 5.71. The molecule has 0 radical (unpaired) electrons. The molecule has 158 valence electrons. The summed E-state index contributed by atoms with van der Waals surface area (Å²) in [5, 5.41) is 0. The van der Waals surface area contributed by atoms with Crippen molar-refractivity contribution >= 4 is 11.8 Å². The molecule has 0 spiro atoms. The number of rotatable bonds is 4. The van der Waals surface area contributed by atoms with Crippen molar-refractivity contribution in [3.63, 3.8) is 0 Å². The summed E-state index contributed by atoms with van der Waals surface area (Å²) < 4.78 is 61.6. The molecule has 1 fully saturated rings. The summed E-state index contributed by atoms with van der Waals surface area (Å²) in [4.78, 5) is 20.0. The van der Waals surface area contributed by atoms with E-state index >= 15 is 0 Å². The van der Waals surface area contributed by atoms with E-state index in [1.807, 2.05) is 11.8 Å². The first-order valence-corrected chi connectivity index (χ1v) is 9.46. The second kappa shape index (κ2) is 7.53. The molecule has 0 aromatic carbocycles. The third kappa shape index (κ3) is 4.42. The van der Waals surface area contributed by atoms with E-state index in [0.717, 1.165) is 4.90 Å². The monoisotopic (exact) mass is 406 g/mol. The molecule has 0 N–H and O–H groups in total. The van der Waals surface area contributed by atoms with Gasteiger partial charge in [0.15, 0.2) is 0 Å². The van der Waals surface area contributed by atoms with E-state index in [9.17, 15) is 22.4 Å². The lowest BCUT2D eigenvalue weighted by molar-refractivity contribution is -0.153. The maximum Gasteiger partial charge on any atom is 0.408 e. The number of hydrogen-bond acceptors (Lipinski definition) is 5. The van der Waals surface area contributed by atoms with Gasteiger partial charge in [0, 0.05) is 25.7 Å². The summed E-state index contributed by atoms with van der Waals surface area (Å²) in [5.74, 6) is 0.290. The summed E-state index contributed by atoms with van der Waals surface area (Å²) in [7, 11) is 0. The van der Waals surface area contributed by atoms with Gasteiger partial charge >= 0.3 is 6.18 Å². The van der Waals surface area contributed by atoms with E-state index in [1.54, 1.807) is 0 Å². The third-order valence-electron chi connectivity index (χ3n) is 5.22. The van der Waals surface area contributed by atoms with E-state index in [2.05, 4.69) is 4.98 Å². The number of anilines is 2. The van der Waals surface area contributed by atoms with E-state index in [0.29, 0.717) is 25.6 Å². The van der Waals surface area contributed by atoms with Gasteiger partial charge in [-0.15, -0.1) is 0 Å². The smallest absolute Gasteiger partial charge is 0.377 e. The summed E-state index contributed by atoms with van der Waals surface area (Å²) >= 11 is 0. The molecule has 28 heavy (non-hydrogen) atoms. The summed E-state index contributed by atoms with van der Waals surface area (Å²) in [5.41, 5.74) is -2.03. The topological polar surface area (TPSA) is 50.6 Å². The maximum absolute atomic E-state index is 14.0. The van der Waals surface area contributed by atoms with Crippen molar-refractivity contribution in [2.45, 2.75) is 64.1 Å². The standard InChI is InChI=1S/C18H26F4N4O2/c1-12-11-28-9-8-24(12)14-10-15(27)26-6-4-13(18(20,21)22)25(16(26)23-14)7-5-17(2,3)19/h10,12-13H,4-9,11H2,1-3H3/t12-,13?/m1/s1. The fourth-order valence-electron chi connectivity index (χ4n) is 3.66. The van der Waals surface area contributed by atoms with Gasteiger partial charge in [-0.2, -0.15) is 18.2 Å². The van der Waals surface area contributed by atoms with Gasteiger partial charge in [0.2, 0.25) is 5.95 Å². The van der Waals surface area contributed by atoms with Crippen molar-refractivity contribution in [1.29, 1.82) is 0 Å². The Bertz CT molecular complexity index is 759. The number of morpholine rings is 1. The van der Waals surface area contributed by atoms with Crippen molar-refractivity contribution in [2.75, 3.05) is 36.1 Å². The van der Waals surface area contributed by atoms with Gasteiger partial charge in [-0.25, -0.2) is 4.39 Å². The van der Waals surface area contributed by atoms with Crippen molar-refractivity contribution < 1.29 is 22.3 Å². The highest BCUT2D eigenvalue weighted by Gasteiger charge is 2.47. The molecule has 6 nitrogen and oxygen atoms in total. The van der Waals surface area contributed by atoms with Gasteiger partial charge in [0.1, 0.15) is 17.5 Å². The second-order valence-electron chi connectivity index (χ2n) is 8.03. The Hall–Kier alpha value is -1.84. The highest BCUT2D eigenvalue weighted by molar-refractivity contribution is 5.47. The van der Waals surface area contributed by atoms with Gasteiger partial charge in [-0.3, -0.25) is 9.36 Å². The van der Waals surface area contributed by atoms with E-state index in [-0.39, 0.29) is 37.9 Å². The number of halogens is 4. The van der Waals surface area contributed by atoms with E-state index in [1.165, 1.54) is 24.5 Å². The highest BCUT2D eigenvalue weighted by Crippen LogP contribution is 2.35. The average Bonchev–Trinajstić information content (AvgIpc) is 2.58. The van der Waals surface area contributed by atoms with Crippen LogP contribution in [0.15, 0.2) is 10.9 Å². The first-order valence-electron chi connectivity index (χ1n) is 9.46. The lowest BCUT2D eigenvalue weighted by atomic mass is 10.0. The molecule has 1 saturated heterocycles. The molecule has 1 aromatic heterocycles. The third-order valence-corrected chi connectivity index (χ3v) is 5.22. The van der Waals surface area contributed by atoms with Crippen LogP contribution in [0.2, 0.25) is 0 Å². The molecular formula is C18H26F4N4O2. The number of ether oxygens (including phenoxy) is 1. The van der Waals surface area contributed by atoms with E-state index in [4.69, 9.17) is 4.74 Å². The molecule has 0 bridgehead atoms. The van der Waals surface area contributed by atoms with Gasteiger partial charge in [-0.05, 0) is 33.6 Å². The Labute approximate surface area is 161 Å². The van der Waals surface area contributed by atoms with Crippen LogP contribution in [0.4, 0.5) is 29.3 Å². The molecule has 0 saturated carbocycles. The van der Waals surface area contributed by atoms with Crippen molar-refractivity contribution in [3.8, 4) is 0 Å². The molecule has 10 heteroatoms. The molecular weight excluding hydrogens is 380 g/mol. The van der Waals surface area contributed by atoms with Crippen LogP contribution in [0, 0.1) is 0 Å². The fraction of sp³-hybridized carbons (Fsp3) is 0.778. The van der Waals surface area contributed by atoms with Gasteiger partial charge < -0.3 is 14.5 Å². The minimum atomic E-state index is -4.49. The van der Waals surface area contributed by atoms with Crippen molar-refractivity contribution in [2.24, 2.45) is 0 Å². The lowest BCUT2D eigenvalue weighted by Gasteiger charge is -2.41. The molecule has 2 aliphatic rings. The molecule has 0 amide bonds. The van der Waals surface area contributed by atoms with Gasteiger partial charge in [0.05, 0.1) is 19.3 Å². The van der Waals surface area contributed by atoms with Gasteiger partial charge in [0.25, 0.3) is 5.56 Å². The lowest BCUT2D eigenvalue weighted by Crippen LogP contribution is -2.53. The Morgan fingerprint density at radius 3 is 2.57 bits per heavy atom. The number of aromatic nitrogens is 2. The quantitative estimate of drug-likeness (QED) is 0.720. The number of fused-ring (bicyclic) bond motifs is 1. The normalized spacial score (nSPS) is 23.7. The molecule has 1 aromatic rings. The molecule has 2 aliphatic heterocycles. The van der Waals surface area contributed by atoms with Crippen LogP contribution in [0.3, 0.4) is 0 Å². The Kier molecular flexibility index (Phi) is 5.62. The van der Waals surface area contributed by atoms with Crippen molar-refractivity contribution in [3.05, 3.63) is 16.4 Å². The number of alkyl halides is 4. The van der Waals surface area contributed by atoms with Crippen LogP contribution in [0.25, 0.3) is 0 Å². The minimum Gasteiger partial charge on any atom is -0.377 e. The maximum atomic E-state index is 14.0. The first kappa shape index (κ1) is 20.9. The number of nitrogens with zero attached hydrogens (tertiary/aromatic N) is 4. The van der Waals surface area contributed by atoms with Crippen LogP contribution < -0.4 is 15.4 Å². The Morgan fingerprint density at radius 2 is 1.96 bits per heavy atom. The SMILES string of the molecule is C[C@@H]1COCCN1c1cc(=O)n2c(n1)N(CCC(C)(C)F)C(C(F)(F)F)CC2. The van der Waals surface area contributed by atoms with Crippen LogP contribution in [-0.2, 0) is 11.3 Å². The van der Waals surface area contributed by atoms with Gasteiger partial charge in [-0.1, -0.05) is 0 Å². The van der Waals surface area contributed by atoms with Crippen LogP contribution in [0.1, 0.15) is 33.6 Å². The van der Waals surface area contributed by atoms with Crippen LogP contribution >= 0.6 is 0 Å². The zero-order valence-electron chi connectivity index (χ0n) is 16.3. The zero-order chi connectivity index (χ0) is 20.7. The summed E-state index contributed by atoms with van der Waals surface area (Å²) in [6.07, 6.45) is -4.86. The van der Waals surface area contributed by atoms with E-state index < -0.39 is 23.4 Å². The second-order valence-corrected chi connectivity index (χ2v) is 8.03. The number of hydrogen-bond donors (Lipinski definition) is 0. The molecule has 2 atom stereocenters. The Morgan fingerprint density at radius 1 is 1.25 bits per heavy atom. The highest BCUT2D eigenvalue weighted by atomic mass is 19.4. The van der Waals surface area contributed by atoms with Crippen molar-refractivity contribution in [1.82, 2.24) is 9.55 Å². The molecule has 3 rings (SSSR count). The predicted molar refractivity (Wildman–Crippen MR) is 97.7 cm³/mol. The minimum absolute atomic E-state index is 0.0426. The molecule has 3 heterocycles. The average molecular weight is 406 g/mol.